The minimum atomic E-state index is -0.271. The third-order valence-corrected chi connectivity index (χ3v) is 4.13. The van der Waals surface area contributed by atoms with Crippen molar-refractivity contribution in [3.05, 3.63) is 29.3 Å². The van der Waals surface area contributed by atoms with Gasteiger partial charge in [-0.15, -0.1) is 0 Å². The number of nitrogen functional groups attached to an aromatic ring is 1. The number of halogens is 1. The highest BCUT2D eigenvalue weighted by Crippen LogP contribution is 2.28. The van der Waals surface area contributed by atoms with E-state index in [1.807, 2.05) is 6.07 Å². The topological polar surface area (TPSA) is 69.4 Å². The van der Waals surface area contributed by atoms with Crippen LogP contribution in [0.1, 0.15) is 54.4 Å². The number of hydrogen-bond donors (Lipinski definition) is 1. The third kappa shape index (κ3) is 4.74. The van der Waals surface area contributed by atoms with Gasteiger partial charge >= 0.3 is 5.97 Å². The van der Waals surface area contributed by atoms with Gasteiger partial charge in [-0.25, -0.2) is 4.79 Å². The van der Waals surface area contributed by atoms with E-state index in [1.54, 1.807) is 12.1 Å². The second-order valence-corrected chi connectivity index (χ2v) is 5.96. The van der Waals surface area contributed by atoms with E-state index in [0.717, 1.165) is 17.9 Å². The normalized spacial score (nSPS) is 16.9. The second-order valence-electron chi connectivity index (χ2n) is 5.54. The second kappa shape index (κ2) is 7.46. The van der Waals surface area contributed by atoms with E-state index in [2.05, 4.69) is 0 Å². The first-order chi connectivity index (χ1) is 10.1. The number of benzene rings is 1. The van der Waals surface area contributed by atoms with Gasteiger partial charge in [-0.3, -0.25) is 4.79 Å². The molecule has 0 unspecified atom stereocenters. The first-order valence-electron chi connectivity index (χ1n) is 7.30. The molecule has 1 aromatic rings. The molecule has 21 heavy (non-hydrogen) atoms. The molecule has 0 radical (unpaired) electrons. The van der Waals surface area contributed by atoms with Gasteiger partial charge < -0.3 is 10.5 Å². The van der Waals surface area contributed by atoms with Crippen LogP contribution in [0, 0.1) is 5.92 Å². The monoisotopic (exact) mass is 309 g/mol. The van der Waals surface area contributed by atoms with Crippen LogP contribution in [0.25, 0.3) is 0 Å². The summed E-state index contributed by atoms with van der Waals surface area (Å²) in [6.45, 7) is 0.383. The van der Waals surface area contributed by atoms with Crippen LogP contribution in [-0.4, -0.2) is 11.2 Å². The summed E-state index contributed by atoms with van der Waals surface area (Å²) in [4.78, 5) is 21.3. The van der Waals surface area contributed by atoms with Crippen molar-refractivity contribution in [2.75, 3.05) is 5.73 Å². The number of carbonyl (C=O) groups excluding carboxylic acids is 2. The summed E-state index contributed by atoms with van der Waals surface area (Å²) >= 11 is 5.22. The van der Waals surface area contributed by atoms with Crippen LogP contribution >= 0.6 is 11.6 Å². The number of cyclic esters (lactones) is 1. The van der Waals surface area contributed by atoms with Gasteiger partial charge in [0.2, 0.25) is 5.24 Å². The van der Waals surface area contributed by atoms with Gasteiger partial charge in [0.25, 0.3) is 0 Å². The predicted octanol–water partition coefficient (Wildman–Crippen LogP) is 3.66. The van der Waals surface area contributed by atoms with Crippen LogP contribution in [0.15, 0.2) is 18.2 Å². The number of hydrogen-bond acceptors (Lipinski definition) is 4. The Morgan fingerprint density at radius 2 is 2.05 bits per heavy atom. The van der Waals surface area contributed by atoms with Crippen LogP contribution in [0.2, 0.25) is 0 Å². The van der Waals surface area contributed by atoms with Crippen LogP contribution in [0.4, 0.5) is 5.69 Å². The molecule has 0 aromatic heterocycles. The van der Waals surface area contributed by atoms with Crippen molar-refractivity contribution in [1.82, 2.24) is 0 Å². The zero-order chi connectivity index (χ0) is 15.2. The Bertz CT molecular complexity index is 524. The lowest BCUT2D eigenvalue weighted by molar-refractivity contribution is -0.111. The number of fused-ring (bicyclic) bond motifs is 1. The standard InChI is InChI=1S/C8H13ClO.C8H7NO2/c9-8(10)6-5-7-3-1-2-4-7;9-6-2-1-5-4-11-8(10)7(5)3-6/h7H,1-6H2;1-3H,4,9H2. The molecule has 1 saturated carbocycles. The van der Waals surface area contributed by atoms with E-state index in [9.17, 15) is 9.59 Å². The van der Waals surface area contributed by atoms with Crippen molar-refractivity contribution in [3.63, 3.8) is 0 Å². The van der Waals surface area contributed by atoms with Crippen molar-refractivity contribution in [2.45, 2.75) is 45.1 Å². The molecule has 114 valence electrons. The average molecular weight is 310 g/mol. The summed E-state index contributed by atoms with van der Waals surface area (Å²) in [5.74, 6) is 0.523. The summed E-state index contributed by atoms with van der Waals surface area (Å²) in [5.41, 5.74) is 7.61. The molecule has 1 aromatic carbocycles. The van der Waals surface area contributed by atoms with Gasteiger partial charge in [0.15, 0.2) is 0 Å². The zero-order valence-electron chi connectivity index (χ0n) is 11.9. The van der Waals surface area contributed by atoms with Crippen molar-refractivity contribution >= 4 is 28.5 Å². The zero-order valence-corrected chi connectivity index (χ0v) is 12.7. The minimum Gasteiger partial charge on any atom is -0.457 e. The molecular formula is C16H20ClNO3. The van der Waals surface area contributed by atoms with E-state index < -0.39 is 0 Å². The number of nitrogens with two attached hydrogens (primary N) is 1. The molecule has 1 aliphatic carbocycles. The van der Waals surface area contributed by atoms with Gasteiger partial charge in [0.05, 0.1) is 5.56 Å². The van der Waals surface area contributed by atoms with E-state index in [-0.39, 0.29) is 11.2 Å². The largest absolute Gasteiger partial charge is 0.457 e. The number of carbonyl (C=O) groups is 2. The molecule has 0 bridgehead atoms. The molecule has 2 aliphatic rings. The molecule has 0 spiro atoms. The maximum Gasteiger partial charge on any atom is 0.338 e. The SMILES string of the molecule is Nc1ccc2c(c1)C(=O)OC2.O=C(Cl)CCC1CCCC1. The maximum absolute atomic E-state index is 10.9. The predicted molar refractivity (Wildman–Crippen MR) is 82.0 cm³/mol. The van der Waals surface area contributed by atoms with Crippen molar-refractivity contribution in [3.8, 4) is 0 Å². The fraction of sp³-hybridized carbons (Fsp3) is 0.500. The molecule has 1 heterocycles. The third-order valence-electron chi connectivity index (χ3n) is 3.94. The molecule has 0 amide bonds. The van der Waals surface area contributed by atoms with E-state index in [4.69, 9.17) is 22.1 Å². The molecule has 5 heteroatoms. The summed E-state index contributed by atoms with van der Waals surface area (Å²) in [6.07, 6.45) is 6.91. The van der Waals surface area contributed by atoms with Crippen LogP contribution in [0.3, 0.4) is 0 Å². The van der Waals surface area contributed by atoms with Gasteiger partial charge in [0, 0.05) is 17.7 Å². The lowest BCUT2D eigenvalue weighted by Gasteiger charge is -2.04. The van der Waals surface area contributed by atoms with E-state index in [0.29, 0.717) is 24.3 Å². The molecule has 1 aliphatic heterocycles. The highest BCUT2D eigenvalue weighted by atomic mass is 35.5. The number of esters is 1. The van der Waals surface area contributed by atoms with Crippen molar-refractivity contribution in [1.29, 1.82) is 0 Å². The highest BCUT2D eigenvalue weighted by molar-refractivity contribution is 6.63. The Morgan fingerprint density at radius 3 is 2.71 bits per heavy atom. The van der Waals surface area contributed by atoms with Gasteiger partial charge in [0.1, 0.15) is 6.61 Å². The number of rotatable bonds is 3. The van der Waals surface area contributed by atoms with Gasteiger partial charge in [-0.2, -0.15) is 0 Å². The highest BCUT2D eigenvalue weighted by Gasteiger charge is 2.20. The summed E-state index contributed by atoms with van der Waals surface area (Å²) in [7, 11) is 0. The van der Waals surface area contributed by atoms with Gasteiger partial charge in [-0.05, 0) is 36.1 Å². The summed E-state index contributed by atoms with van der Waals surface area (Å²) in [6, 6.07) is 5.22. The van der Waals surface area contributed by atoms with Gasteiger partial charge in [-0.1, -0.05) is 31.7 Å². The Labute approximate surface area is 129 Å². The Balaban J connectivity index is 0.000000155. The van der Waals surface area contributed by atoms with E-state index in [1.165, 1.54) is 25.7 Å². The Morgan fingerprint density at radius 1 is 1.33 bits per heavy atom. The lowest BCUT2D eigenvalue weighted by atomic mass is 10.0. The number of anilines is 1. The average Bonchev–Trinajstić information content (AvgIpc) is 3.08. The number of ether oxygens (including phenoxy) is 1. The Hall–Kier alpha value is -1.55. The molecule has 1 fully saturated rings. The first kappa shape index (κ1) is 15.8. The smallest absolute Gasteiger partial charge is 0.338 e. The maximum atomic E-state index is 10.9. The van der Waals surface area contributed by atoms with E-state index >= 15 is 0 Å². The van der Waals surface area contributed by atoms with Crippen LogP contribution in [0.5, 0.6) is 0 Å². The Kier molecular flexibility index (Phi) is 5.62. The quantitative estimate of drug-likeness (QED) is 0.525. The lowest BCUT2D eigenvalue weighted by Crippen LogP contribution is -1.95. The van der Waals surface area contributed by atoms with Crippen molar-refractivity contribution < 1.29 is 14.3 Å². The molecule has 0 saturated heterocycles. The summed E-state index contributed by atoms with van der Waals surface area (Å²) < 4.78 is 4.78. The fourth-order valence-corrected chi connectivity index (χ4v) is 2.86. The molecular weight excluding hydrogens is 290 g/mol. The molecule has 0 atom stereocenters. The molecule has 4 nitrogen and oxygen atoms in total. The minimum absolute atomic E-state index is 0.174. The van der Waals surface area contributed by atoms with Crippen LogP contribution in [-0.2, 0) is 16.1 Å². The molecule has 3 rings (SSSR count). The van der Waals surface area contributed by atoms with Crippen molar-refractivity contribution in [2.24, 2.45) is 5.92 Å². The first-order valence-corrected chi connectivity index (χ1v) is 7.68. The molecule has 2 N–H and O–H groups in total. The summed E-state index contributed by atoms with van der Waals surface area (Å²) in [5, 5.41) is -0.174. The fourth-order valence-electron chi connectivity index (χ4n) is 2.75. The van der Waals surface area contributed by atoms with Crippen LogP contribution < -0.4 is 5.73 Å².